The summed E-state index contributed by atoms with van der Waals surface area (Å²) in [5.74, 6) is 0.628. The van der Waals surface area contributed by atoms with Gasteiger partial charge in [0.2, 0.25) is 0 Å². The predicted octanol–water partition coefficient (Wildman–Crippen LogP) is 5.36. The second-order valence-electron chi connectivity index (χ2n) is 3.45. The van der Waals surface area contributed by atoms with E-state index in [4.69, 9.17) is 16.0 Å². The Kier molecular flexibility index (Phi) is 4.49. The van der Waals surface area contributed by atoms with Gasteiger partial charge in [0.15, 0.2) is 3.77 Å². The fourth-order valence-electron chi connectivity index (χ4n) is 1.41. The van der Waals surface area contributed by atoms with Crippen LogP contribution >= 0.6 is 50.1 Å². The molecule has 1 aromatic carbocycles. The fourth-order valence-corrected chi connectivity index (χ4v) is 2.32. The van der Waals surface area contributed by atoms with E-state index in [1.54, 1.807) is 18.2 Å². The van der Waals surface area contributed by atoms with Crippen molar-refractivity contribution in [3.05, 3.63) is 54.9 Å². The lowest BCUT2D eigenvalue weighted by Crippen LogP contribution is -1.80. The molecule has 0 N–H and O–H groups in total. The molecule has 0 atom stereocenters. The average molecular weight is 434 g/mol. The van der Waals surface area contributed by atoms with E-state index in [9.17, 15) is 5.26 Å². The quantitative estimate of drug-likeness (QED) is 0.471. The highest BCUT2D eigenvalue weighted by molar-refractivity contribution is 14.1. The maximum Gasteiger partial charge on any atom is 0.178 e. The van der Waals surface area contributed by atoms with E-state index in [1.807, 2.05) is 18.2 Å². The molecular formula is C13H6BrClINO. The van der Waals surface area contributed by atoms with Crippen LogP contribution in [0.4, 0.5) is 0 Å². The molecule has 1 heterocycles. The van der Waals surface area contributed by atoms with Gasteiger partial charge in [-0.3, -0.25) is 0 Å². The van der Waals surface area contributed by atoms with Crippen molar-refractivity contribution in [1.29, 1.82) is 5.26 Å². The summed E-state index contributed by atoms with van der Waals surface area (Å²) in [5, 5.41) is 9.79. The Bertz CT molecular complexity index is 638. The van der Waals surface area contributed by atoms with Gasteiger partial charge in [0.05, 0.1) is 16.1 Å². The minimum atomic E-state index is 0.509. The number of hydrogen-bond acceptors (Lipinski definition) is 2. The maximum absolute atomic E-state index is 9.19. The number of rotatable bonds is 2. The first kappa shape index (κ1) is 13.7. The van der Waals surface area contributed by atoms with Crippen molar-refractivity contribution >= 4 is 61.8 Å². The molecule has 0 saturated carbocycles. The number of benzene rings is 1. The van der Waals surface area contributed by atoms with Crippen molar-refractivity contribution in [2.45, 2.75) is 0 Å². The normalized spacial score (nSPS) is 11.3. The smallest absolute Gasteiger partial charge is 0.178 e. The summed E-state index contributed by atoms with van der Waals surface area (Å²) >= 11 is 11.3. The summed E-state index contributed by atoms with van der Waals surface area (Å²) in [6.45, 7) is 0. The summed E-state index contributed by atoms with van der Waals surface area (Å²) in [4.78, 5) is 0. The minimum Gasteiger partial charge on any atom is -0.450 e. The van der Waals surface area contributed by atoms with Crippen molar-refractivity contribution in [1.82, 2.24) is 0 Å². The molecule has 5 heteroatoms. The van der Waals surface area contributed by atoms with Crippen molar-refractivity contribution in [2.24, 2.45) is 0 Å². The Balaban J connectivity index is 2.43. The van der Waals surface area contributed by atoms with Crippen LogP contribution in [0.2, 0.25) is 5.02 Å². The largest absolute Gasteiger partial charge is 0.450 e. The number of hydrogen-bond donors (Lipinski definition) is 0. The van der Waals surface area contributed by atoms with Gasteiger partial charge in [-0.05, 0) is 45.8 Å². The first-order valence-corrected chi connectivity index (χ1v) is 7.17. The van der Waals surface area contributed by atoms with E-state index >= 15 is 0 Å². The molecule has 1 aromatic heterocycles. The van der Waals surface area contributed by atoms with Gasteiger partial charge in [-0.15, -0.1) is 0 Å². The number of nitrogens with zero attached hydrogens (tertiary/aromatic N) is 1. The molecule has 2 nitrogen and oxygen atoms in total. The van der Waals surface area contributed by atoms with E-state index in [0.29, 0.717) is 16.4 Å². The van der Waals surface area contributed by atoms with Crippen LogP contribution in [0.5, 0.6) is 0 Å². The van der Waals surface area contributed by atoms with Gasteiger partial charge in [0, 0.05) is 27.6 Å². The molecule has 0 radical (unpaired) electrons. The van der Waals surface area contributed by atoms with Gasteiger partial charge in [0.1, 0.15) is 5.76 Å². The Morgan fingerprint density at radius 1 is 1.44 bits per heavy atom. The zero-order chi connectivity index (χ0) is 13.1. The zero-order valence-corrected chi connectivity index (χ0v) is 13.5. The summed E-state index contributed by atoms with van der Waals surface area (Å²) in [6, 6.07) is 11.1. The molecule has 18 heavy (non-hydrogen) atoms. The molecule has 0 fully saturated rings. The van der Waals surface area contributed by atoms with Gasteiger partial charge in [-0.2, -0.15) is 5.26 Å². The second-order valence-corrected chi connectivity index (χ2v) is 5.72. The van der Waals surface area contributed by atoms with E-state index < -0.39 is 0 Å². The van der Waals surface area contributed by atoms with Gasteiger partial charge in [-0.25, -0.2) is 0 Å². The van der Waals surface area contributed by atoms with Crippen molar-refractivity contribution in [3.8, 4) is 6.07 Å². The number of furan rings is 1. The molecule has 0 aliphatic rings. The van der Waals surface area contributed by atoms with Gasteiger partial charge in [0.25, 0.3) is 0 Å². The number of allylic oxidation sites excluding steroid dienone is 1. The summed E-state index contributed by atoms with van der Waals surface area (Å²) < 4.78 is 7.10. The zero-order valence-electron chi connectivity index (χ0n) is 8.95. The van der Waals surface area contributed by atoms with Crippen LogP contribution in [0.15, 0.2) is 39.2 Å². The lowest BCUT2D eigenvalue weighted by Gasteiger charge is -1.98. The molecule has 0 bridgehead atoms. The van der Waals surface area contributed by atoms with E-state index in [0.717, 1.165) is 13.8 Å². The van der Waals surface area contributed by atoms with E-state index in [1.165, 1.54) is 0 Å². The third kappa shape index (κ3) is 3.16. The highest BCUT2D eigenvalue weighted by atomic mass is 127. The van der Waals surface area contributed by atoms with Crippen molar-refractivity contribution in [3.63, 3.8) is 0 Å². The Morgan fingerprint density at radius 2 is 2.22 bits per heavy atom. The molecule has 2 aromatic rings. The Morgan fingerprint density at radius 3 is 2.78 bits per heavy atom. The molecule has 0 saturated heterocycles. The van der Waals surface area contributed by atoms with Crippen LogP contribution in [0.1, 0.15) is 11.3 Å². The summed E-state index contributed by atoms with van der Waals surface area (Å²) in [5.41, 5.74) is 1.28. The van der Waals surface area contributed by atoms with Gasteiger partial charge in [-0.1, -0.05) is 23.7 Å². The Labute approximate surface area is 132 Å². The fraction of sp³-hybridized carbons (Fsp3) is 0. The van der Waals surface area contributed by atoms with Crippen LogP contribution in [0, 0.1) is 15.1 Å². The molecule has 0 spiro atoms. The molecular weight excluding hydrogens is 428 g/mol. The van der Waals surface area contributed by atoms with Crippen molar-refractivity contribution in [2.75, 3.05) is 0 Å². The molecule has 0 aliphatic heterocycles. The minimum absolute atomic E-state index is 0.509. The third-order valence-electron chi connectivity index (χ3n) is 2.21. The van der Waals surface area contributed by atoms with Crippen LogP contribution in [0.3, 0.4) is 0 Å². The predicted molar refractivity (Wildman–Crippen MR) is 84.1 cm³/mol. The second kappa shape index (κ2) is 5.91. The standard InChI is InChI=1S/C13H6BrClINO/c14-12-6-11(18-13(12)16)5-9(7-17)8-2-1-3-10(15)4-8/h1-6H/b9-5+. The first-order valence-electron chi connectivity index (χ1n) is 4.92. The lowest BCUT2D eigenvalue weighted by atomic mass is 10.1. The monoisotopic (exact) mass is 433 g/mol. The lowest BCUT2D eigenvalue weighted by molar-refractivity contribution is 0.527. The van der Waals surface area contributed by atoms with E-state index in [2.05, 4.69) is 44.6 Å². The van der Waals surface area contributed by atoms with Crippen molar-refractivity contribution < 1.29 is 4.42 Å². The van der Waals surface area contributed by atoms with E-state index in [-0.39, 0.29) is 0 Å². The van der Waals surface area contributed by atoms with Crippen LogP contribution in [0.25, 0.3) is 11.6 Å². The van der Waals surface area contributed by atoms with Gasteiger partial charge >= 0.3 is 0 Å². The third-order valence-corrected chi connectivity index (χ3v) is 4.57. The van der Waals surface area contributed by atoms with Gasteiger partial charge < -0.3 is 4.42 Å². The maximum atomic E-state index is 9.19. The summed E-state index contributed by atoms with van der Waals surface area (Å²) in [6.07, 6.45) is 1.69. The van der Waals surface area contributed by atoms with Crippen LogP contribution in [-0.4, -0.2) is 0 Å². The topological polar surface area (TPSA) is 36.9 Å². The average Bonchev–Trinajstić information content (AvgIpc) is 2.65. The molecule has 2 rings (SSSR count). The molecule has 0 aliphatic carbocycles. The molecule has 0 unspecified atom stereocenters. The van der Waals surface area contributed by atoms with Crippen LogP contribution in [-0.2, 0) is 0 Å². The number of halogens is 3. The first-order chi connectivity index (χ1) is 8.60. The van der Waals surface area contributed by atoms with Crippen LogP contribution < -0.4 is 0 Å². The summed E-state index contributed by atoms with van der Waals surface area (Å²) in [7, 11) is 0. The highest BCUT2D eigenvalue weighted by Gasteiger charge is 2.07. The number of nitriles is 1. The highest BCUT2D eigenvalue weighted by Crippen LogP contribution is 2.27. The Hall–Kier alpha value is -0.770. The molecule has 0 amide bonds. The molecule has 90 valence electrons. The SMILES string of the molecule is N#C/C(=C\c1cc(Br)c(I)o1)c1cccc(Cl)c1.